The van der Waals surface area contributed by atoms with Crippen LogP contribution in [0.1, 0.15) is 20.3 Å². The summed E-state index contributed by atoms with van der Waals surface area (Å²) in [6.45, 7) is 4.79. The van der Waals surface area contributed by atoms with Gasteiger partial charge < -0.3 is 5.11 Å². The first-order valence-electron chi connectivity index (χ1n) is 3.35. The highest BCUT2D eigenvalue weighted by molar-refractivity contribution is 9.09. The fourth-order valence-corrected chi connectivity index (χ4v) is 2.47. The minimum Gasteiger partial charge on any atom is -0.396 e. The van der Waals surface area contributed by atoms with Crippen LogP contribution in [-0.4, -0.2) is 16.5 Å². The van der Waals surface area contributed by atoms with Crippen molar-refractivity contribution >= 4 is 15.9 Å². The zero-order valence-corrected chi connectivity index (χ0v) is 7.48. The van der Waals surface area contributed by atoms with Crippen LogP contribution in [0, 0.1) is 11.3 Å². The van der Waals surface area contributed by atoms with Crippen molar-refractivity contribution in [1.29, 1.82) is 0 Å². The predicted molar refractivity (Wildman–Crippen MR) is 41.7 cm³/mol. The number of rotatable bonds is 2. The lowest BCUT2D eigenvalue weighted by Gasteiger charge is -1.97. The molecule has 2 heteroatoms. The van der Waals surface area contributed by atoms with E-state index < -0.39 is 0 Å². The highest BCUT2D eigenvalue weighted by Gasteiger charge is 2.55. The minimum absolute atomic E-state index is 0.330. The summed E-state index contributed by atoms with van der Waals surface area (Å²) in [4.78, 5) is 0.636. The van der Waals surface area contributed by atoms with E-state index in [1.165, 1.54) is 0 Å². The van der Waals surface area contributed by atoms with Gasteiger partial charge in [0.15, 0.2) is 0 Å². The van der Waals surface area contributed by atoms with Gasteiger partial charge in [0.05, 0.1) is 0 Å². The molecule has 1 aliphatic carbocycles. The van der Waals surface area contributed by atoms with Crippen LogP contribution in [0.15, 0.2) is 0 Å². The fourth-order valence-electron chi connectivity index (χ4n) is 1.33. The topological polar surface area (TPSA) is 20.2 Å². The number of halogens is 1. The molecule has 9 heavy (non-hydrogen) atoms. The maximum Gasteiger partial charge on any atom is 0.0434 e. The summed E-state index contributed by atoms with van der Waals surface area (Å²) in [6.07, 6.45) is 0.947. The number of hydrogen-bond acceptors (Lipinski definition) is 1. The van der Waals surface area contributed by atoms with Crippen LogP contribution >= 0.6 is 15.9 Å². The summed E-state index contributed by atoms with van der Waals surface area (Å²) in [5.41, 5.74) is 0.433. The highest BCUT2D eigenvalue weighted by atomic mass is 79.9. The molecule has 1 fully saturated rings. The lowest BCUT2D eigenvalue weighted by atomic mass is 10.1. The average molecular weight is 193 g/mol. The number of hydrogen-bond donors (Lipinski definition) is 1. The number of aliphatic hydroxyl groups excluding tert-OH is 1. The highest BCUT2D eigenvalue weighted by Crippen LogP contribution is 2.58. The van der Waals surface area contributed by atoms with Gasteiger partial charge in [0.2, 0.25) is 0 Å². The van der Waals surface area contributed by atoms with Crippen LogP contribution in [-0.2, 0) is 0 Å². The normalized spacial score (nSPS) is 38.7. The summed E-state index contributed by atoms with van der Waals surface area (Å²) in [5, 5.41) is 8.61. The van der Waals surface area contributed by atoms with E-state index in [0.717, 1.165) is 6.42 Å². The van der Waals surface area contributed by atoms with Crippen LogP contribution < -0.4 is 0 Å². The molecule has 0 radical (unpaired) electrons. The van der Waals surface area contributed by atoms with Crippen molar-refractivity contribution in [1.82, 2.24) is 0 Å². The molecule has 1 rings (SSSR count). The molecule has 0 aromatic rings. The van der Waals surface area contributed by atoms with Gasteiger partial charge in [-0.3, -0.25) is 0 Å². The Morgan fingerprint density at radius 1 is 1.56 bits per heavy atom. The molecular weight excluding hydrogens is 180 g/mol. The zero-order valence-electron chi connectivity index (χ0n) is 5.89. The maximum absolute atomic E-state index is 8.61. The van der Waals surface area contributed by atoms with Crippen molar-refractivity contribution in [2.45, 2.75) is 25.1 Å². The van der Waals surface area contributed by atoms with Gasteiger partial charge in [0, 0.05) is 11.4 Å². The van der Waals surface area contributed by atoms with Crippen molar-refractivity contribution in [2.75, 3.05) is 6.61 Å². The van der Waals surface area contributed by atoms with Crippen molar-refractivity contribution < 1.29 is 5.11 Å². The van der Waals surface area contributed by atoms with Crippen LogP contribution in [0.2, 0.25) is 0 Å². The van der Waals surface area contributed by atoms with Crippen molar-refractivity contribution in [3.8, 4) is 0 Å². The largest absolute Gasteiger partial charge is 0.396 e. The summed E-state index contributed by atoms with van der Waals surface area (Å²) >= 11 is 3.56. The van der Waals surface area contributed by atoms with E-state index in [-0.39, 0.29) is 0 Å². The van der Waals surface area contributed by atoms with Gasteiger partial charge in [0.1, 0.15) is 0 Å². The van der Waals surface area contributed by atoms with E-state index in [4.69, 9.17) is 5.11 Å². The smallest absolute Gasteiger partial charge is 0.0434 e. The Morgan fingerprint density at radius 2 is 2.00 bits per heavy atom. The average Bonchev–Trinajstić information content (AvgIpc) is 2.19. The molecular formula is C7H13BrO. The Kier molecular flexibility index (Phi) is 1.88. The van der Waals surface area contributed by atoms with Gasteiger partial charge in [-0.05, 0) is 17.8 Å². The third kappa shape index (κ3) is 1.15. The summed E-state index contributed by atoms with van der Waals surface area (Å²) in [7, 11) is 0. The Hall–Kier alpha value is 0.440. The van der Waals surface area contributed by atoms with Crippen LogP contribution in [0.25, 0.3) is 0 Å². The Bertz CT molecular complexity index is 111. The first-order valence-corrected chi connectivity index (χ1v) is 4.27. The standard InChI is InChI=1S/C7H13BrO/c1-7(2)5(3-4-9)6(7)8/h5-6,9H,3-4H2,1-2H3. The van der Waals surface area contributed by atoms with E-state index in [9.17, 15) is 0 Å². The molecule has 0 heterocycles. The summed E-state index contributed by atoms with van der Waals surface area (Å²) < 4.78 is 0. The molecule has 0 saturated heterocycles. The molecule has 2 unspecified atom stereocenters. The number of alkyl halides is 1. The molecule has 1 nitrogen and oxygen atoms in total. The van der Waals surface area contributed by atoms with Crippen LogP contribution in [0.5, 0.6) is 0 Å². The van der Waals surface area contributed by atoms with Crippen molar-refractivity contribution in [3.05, 3.63) is 0 Å². The van der Waals surface area contributed by atoms with Crippen molar-refractivity contribution in [2.24, 2.45) is 11.3 Å². The quantitative estimate of drug-likeness (QED) is 0.663. The van der Waals surface area contributed by atoms with Gasteiger partial charge in [-0.15, -0.1) is 0 Å². The second-order valence-electron chi connectivity index (χ2n) is 3.34. The van der Waals surface area contributed by atoms with E-state index in [1.54, 1.807) is 0 Å². The zero-order chi connectivity index (χ0) is 7.07. The van der Waals surface area contributed by atoms with Gasteiger partial charge >= 0.3 is 0 Å². The van der Waals surface area contributed by atoms with E-state index >= 15 is 0 Å². The first-order chi connectivity index (χ1) is 4.10. The molecule has 0 aromatic heterocycles. The molecule has 0 aliphatic heterocycles. The molecule has 1 N–H and O–H groups in total. The lowest BCUT2D eigenvalue weighted by Crippen LogP contribution is -1.92. The van der Waals surface area contributed by atoms with Gasteiger partial charge in [-0.1, -0.05) is 29.8 Å². The van der Waals surface area contributed by atoms with Gasteiger partial charge in [-0.2, -0.15) is 0 Å². The lowest BCUT2D eigenvalue weighted by molar-refractivity contribution is 0.272. The fraction of sp³-hybridized carbons (Fsp3) is 1.00. The predicted octanol–water partition coefficient (Wildman–Crippen LogP) is 1.79. The second-order valence-corrected chi connectivity index (χ2v) is 4.33. The molecule has 0 spiro atoms. The number of aliphatic hydroxyl groups is 1. The molecule has 54 valence electrons. The molecule has 1 aliphatic rings. The third-order valence-electron chi connectivity index (χ3n) is 2.35. The molecule has 0 amide bonds. The Balaban J connectivity index is 2.33. The van der Waals surface area contributed by atoms with Crippen molar-refractivity contribution in [3.63, 3.8) is 0 Å². The third-order valence-corrected chi connectivity index (χ3v) is 4.17. The van der Waals surface area contributed by atoms with Gasteiger partial charge in [0.25, 0.3) is 0 Å². The molecule has 0 bridgehead atoms. The molecule has 2 atom stereocenters. The van der Waals surface area contributed by atoms with E-state index in [2.05, 4.69) is 29.8 Å². The van der Waals surface area contributed by atoms with Gasteiger partial charge in [-0.25, -0.2) is 0 Å². The second kappa shape index (κ2) is 2.24. The molecule has 1 saturated carbocycles. The first kappa shape index (κ1) is 7.55. The summed E-state index contributed by atoms with van der Waals surface area (Å²) in [6, 6.07) is 0. The maximum atomic E-state index is 8.61. The minimum atomic E-state index is 0.330. The SMILES string of the molecule is CC1(C)C(Br)C1CCO. The molecule has 0 aromatic carbocycles. The Morgan fingerprint density at radius 3 is 2.11 bits per heavy atom. The summed E-state index contributed by atoms with van der Waals surface area (Å²) in [5.74, 6) is 0.697. The van der Waals surface area contributed by atoms with E-state index in [0.29, 0.717) is 22.8 Å². The van der Waals surface area contributed by atoms with Crippen LogP contribution in [0.3, 0.4) is 0 Å². The van der Waals surface area contributed by atoms with Crippen LogP contribution in [0.4, 0.5) is 0 Å². The Labute approximate surface area is 64.6 Å². The van der Waals surface area contributed by atoms with E-state index in [1.807, 2.05) is 0 Å². The monoisotopic (exact) mass is 192 g/mol.